The van der Waals surface area contributed by atoms with E-state index in [1.54, 1.807) is 24.5 Å². The Morgan fingerprint density at radius 2 is 1.85 bits per heavy atom. The molecule has 0 fully saturated rings. The summed E-state index contributed by atoms with van der Waals surface area (Å²) in [6, 6.07) is 4.68. The third-order valence-electron chi connectivity index (χ3n) is 2.93. The van der Waals surface area contributed by atoms with Gasteiger partial charge in [0.05, 0.1) is 14.2 Å². The molecule has 104 valence electrons. The van der Waals surface area contributed by atoms with Crippen LogP contribution >= 0.6 is 0 Å². The van der Waals surface area contributed by atoms with E-state index >= 15 is 0 Å². The summed E-state index contributed by atoms with van der Waals surface area (Å²) in [7, 11) is -0.817. The average molecular weight is 293 g/mol. The molecule has 3 rings (SSSR count). The summed E-state index contributed by atoms with van der Waals surface area (Å²) in [5.74, 6) is 1.01. The second-order valence-electron chi connectivity index (χ2n) is 4.04. The fraction of sp³-hybridized carbons (Fsp3) is 0.167. The summed E-state index contributed by atoms with van der Waals surface area (Å²) in [6.45, 7) is 0. The van der Waals surface area contributed by atoms with Crippen LogP contribution in [0.1, 0.15) is 5.56 Å². The van der Waals surface area contributed by atoms with Gasteiger partial charge in [-0.15, -0.1) is 4.40 Å². The van der Waals surface area contributed by atoms with E-state index in [4.69, 9.17) is 9.47 Å². The first kappa shape index (κ1) is 12.7. The van der Waals surface area contributed by atoms with Crippen molar-refractivity contribution in [1.29, 1.82) is 0 Å². The SMILES string of the molecule is COc1cc2c(cc1OC)S(=O)(=O)N=C2n1cccn1. The monoisotopic (exact) mass is 293 g/mol. The van der Waals surface area contributed by atoms with Gasteiger partial charge in [0.15, 0.2) is 17.3 Å². The molecule has 8 heteroatoms. The van der Waals surface area contributed by atoms with Crippen molar-refractivity contribution in [2.45, 2.75) is 4.90 Å². The number of rotatable bonds is 2. The van der Waals surface area contributed by atoms with Gasteiger partial charge in [0, 0.05) is 24.0 Å². The Labute approximate surface area is 115 Å². The van der Waals surface area contributed by atoms with Gasteiger partial charge in [0.25, 0.3) is 10.0 Å². The molecule has 0 unspecified atom stereocenters. The maximum Gasteiger partial charge on any atom is 0.285 e. The molecule has 2 aromatic rings. The zero-order valence-corrected chi connectivity index (χ0v) is 11.6. The van der Waals surface area contributed by atoms with Crippen molar-refractivity contribution < 1.29 is 17.9 Å². The first-order valence-corrected chi connectivity index (χ1v) is 7.12. The molecule has 1 aliphatic rings. The first-order chi connectivity index (χ1) is 9.56. The lowest BCUT2D eigenvalue weighted by Gasteiger charge is -2.10. The summed E-state index contributed by atoms with van der Waals surface area (Å²) in [4.78, 5) is 0.0839. The van der Waals surface area contributed by atoms with Crippen LogP contribution in [0.25, 0.3) is 0 Å². The van der Waals surface area contributed by atoms with Crippen molar-refractivity contribution >= 4 is 15.9 Å². The fourth-order valence-corrected chi connectivity index (χ4v) is 3.21. The van der Waals surface area contributed by atoms with Gasteiger partial charge in [-0.1, -0.05) is 0 Å². The van der Waals surface area contributed by atoms with Crippen LogP contribution in [0.2, 0.25) is 0 Å². The Kier molecular flexibility index (Phi) is 2.75. The van der Waals surface area contributed by atoms with Gasteiger partial charge in [0.1, 0.15) is 4.90 Å². The van der Waals surface area contributed by atoms with Gasteiger partial charge in [-0.05, 0) is 12.1 Å². The summed E-state index contributed by atoms with van der Waals surface area (Å²) in [5.41, 5.74) is 0.436. The van der Waals surface area contributed by atoms with E-state index in [-0.39, 0.29) is 10.7 Å². The molecule has 0 radical (unpaired) electrons. The molecular weight excluding hydrogens is 282 g/mol. The predicted octanol–water partition coefficient (Wildman–Crippen LogP) is 0.897. The maximum atomic E-state index is 12.1. The predicted molar refractivity (Wildman–Crippen MR) is 70.9 cm³/mol. The Morgan fingerprint density at radius 1 is 1.15 bits per heavy atom. The van der Waals surface area contributed by atoms with Crippen molar-refractivity contribution in [3.8, 4) is 11.5 Å². The van der Waals surface area contributed by atoms with Gasteiger partial charge in [-0.3, -0.25) is 0 Å². The highest BCUT2D eigenvalue weighted by Crippen LogP contribution is 2.37. The Bertz CT molecular complexity index is 794. The standard InChI is InChI=1S/C12H11N3O4S/c1-18-9-6-8-11(7-10(9)19-2)20(16,17)14-12(8)15-5-3-4-13-15/h3-7H,1-2H3. The summed E-state index contributed by atoms with van der Waals surface area (Å²) in [6.07, 6.45) is 3.17. The lowest BCUT2D eigenvalue weighted by molar-refractivity contribution is 0.354. The van der Waals surface area contributed by atoms with Crippen LogP contribution in [-0.4, -0.2) is 38.3 Å². The van der Waals surface area contributed by atoms with Crippen LogP contribution in [0.5, 0.6) is 11.5 Å². The van der Waals surface area contributed by atoms with E-state index in [0.29, 0.717) is 17.1 Å². The molecule has 0 saturated heterocycles. The smallest absolute Gasteiger partial charge is 0.285 e. The van der Waals surface area contributed by atoms with E-state index in [1.807, 2.05) is 0 Å². The van der Waals surface area contributed by atoms with Crippen LogP contribution in [0.3, 0.4) is 0 Å². The molecule has 0 spiro atoms. The lowest BCUT2D eigenvalue weighted by Crippen LogP contribution is -2.12. The van der Waals surface area contributed by atoms with E-state index in [2.05, 4.69) is 9.50 Å². The fourth-order valence-electron chi connectivity index (χ4n) is 2.02. The van der Waals surface area contributed by atoms with Crippen LogP contribution in [0.4, 0.5) is 0 Å². The highest BCUT2D eigenvalue weighted by atomic mass is 32.2. The number of nitrogens with zero attached hydrogens (tertiary/aromatic N) is 3. The number of ether oxygens (including phenoxy) is 2. The third-order valence-corrected chi connectivity index (χ3v) is 4.24. The lowest BCUT2D eigenvalue weighted by atomic mass is 10.2. The Balaban J connectivity index is 2.28. The molecule has 1 aliphatic heterocycles. The van der Waals surface area contributed by atoms with Crippen molar-refractivity contribution in [2.75, 3.05) is 14.2 Å². The number of benzene rings is 1. The van der Waals surface area contributed by atoms with Crippen molar-refractivity contribution in [2.24, 2.45) is 4.40 Å². The summed E-state index contributed by atoms with van der Waals surface area (Å²) >= 11 is 0. The van der Waals surface area contributed by atoms with Gasteiger partial charge < -0.3 is 9.47 Å². The molecule has 7 nitrogen and oxygen atoms in total. The van der Waals surface area contributed by atoms with Crippen molar-refractivity contribution in [1.82, 2.24) is 9.78 Å². The molecule has 0 aliphatic carbocycles. The second kappa shape index (κ2) is 4.34. The maximum absolute atomic E-state index is 12.1. The molecule has 1 aromatic carbocycles. The number of aromatic nitrogens is 2. The Hall–Kier alpha value is -2.35. The van der Waals surface area contributed by atoms with E-state index in [9.17, 15) is 8.42 Å². The van der Waals surface area contributed by atoms with E-state index in [1.165, 1.54) is 25.0 Å². The number of methoxy groups -OCH3 is 2. The molecule has 1 aromatic heterocycles. The molecular formula is C12H11N3O4S. The quantitative estimate of drug-likeness (QED) is 0.821. The highest BCUT2D eigenvalue weighted by Gasteiger charge is 2.32. The summed E-state index contributed by atoms with van der Waals surface area (Å²) in [5, 5.41) is 4.01. The normalized spacial score (nSPS) is 15.6. The van der Waals surface area contributed by atoms with Crippen molar-refractivity contribution in [3.05, 3.63) is 36.2 Å². The molecule has 0 bridgehead atoms. The summed E-state index contributed by atoms with van der Waals surface area (Å²) < 4.78 is 39.7. The number of hydrogen-bond donors (Lipinski definition) is 0. The van der Waals surface area contributed by atoms with Gasteiger partial charge in [-0.2, -0.15) is 13.5 Å². The van der Waals surface area contributed by atoms with E-state index < -0.39 is 10.0 Å². The number of sulfonamides is 1. The molecule has 0 atom stereocenters. The van der Waals surface area contributed by atoms with Crippen LogP contribution in [0.15, 0.2) is 39.9 Å². The second-order valence-corrected chi connectivity index (χ2v) is 5.62. The van der Waals surface area contributed by atoms with Crippen molar-refractivity contribution in [3.63, 3.8) is 0 Å². The van der Waals surface area contributed by atoms with Gasteiger partial charge in [0.2, 0.25) is 0 Å². The van der Waals surface area contributed by atoms with Gasteiger partial charge >= 0.3 is 0 Å². The molecule has 0 saturated carbocycles. The zero-order valence-electron chi connectivity index (χ0n) is 10.8. The number of hydrogen-bond acceptors (Lipinski definition) is 5. The average Bonchev–Trinajstić information content (AvgIpc) is 3.04. The van der Waals surface area contributed by atoms with Crippen LogP contribution in [0, 0.1) is 0 Å². The minimum absolute atomic E-state index is 0.0839. The minimum Gasteiger partial charge on any atom is -0.493 e. The molecule has 20 heavy (non-hydrogen) atoms. The zero-order chi connectivity index (χ0) is 14.3. The topological polar surface area (TPSA) is 82.8 Å². The molecule has 0 amide bonds. The largest absolute Gasteiger partial charge is 0.493 e. The van der Waals surface area contributed by atoms with Gasteiger partial charge in [-0.25, -0.2) is 4.68 Å². The number of fused-ring (bicyclic) bond motifs is 1. The van der Waals surface area contributed by atoms with Crippen LogP contribution < -0.4 is 9.47 Å². The highest BCUT2D eigenvalue weighted by molar-refractivity contribution is 7.90. The van der Waals surface area contributed by atoms with Crippen LogP contribution in [-0.2, 0) is 10.0 Å². The molecule has 0 N–H and O–H groups in total. The third kappa shape index (κ3) is 1.76. The molecule has 2 heterocycles. The minimum atomic E-state index is -3.75. The Morgan fingerprint density at radius 3 is 2.45 bits per heavy atom. The first-order valence-electron chi connectivity index (χ1n) is 5.68. The van der Waals surface area contributed by atoms with E-state index in [0.717, 1.165) is 0 Å².